The second kappa shape index (κ2) is 11.4. The summed E-state index contributed by atoms with van der Waals surface area (Å²) in [5.74, 6) is 0.885. The molecule has 0 saturated heterocycles. The van der Waals surface area contributed by atoms with E-state index in [9.17, 15) is 9.59 Å². The van der Waals surface area contributed by atoms with Gasteiger partial charge in [0.2, 0.25) is 5.91 Å². The Morgan fingerprint density at radius 1 is 1.20 bits per heavy atom. The van der Waals surface area contributed by atoms with Crippen LogP contribution in [0.25, 0.3) is 0 Å². The van der Waals surface area contributed by atoms with Crippen LogP contribution in [0.4, 0.5) is 0 Å². The molecule has 2 aromatic carbocycles. The first kappa shape index (κ1) is 24.8. The van der Waals surface area contributed by atoms with Gasteiger partial charge in [-0.2, -0.15) is 0 Å². The smallest absolute Gasteiger partial charge is 0.254 e. The van der Waals surface area contributed by atoms with Crippen molar-refractivity contribution >= 4 is 34.8 Å². The Bertz CT molecular complexity index is 1190. The van der Waals surface area contributed by atoms with Gasteiger partial charge < -0.3 is 19.3 Å². The van der Waals surface area contributed by atoms with E-state index in [1.54, 1.807) is 60.9 Å². The molecular weight excluding hydrogens is 484 g/mol. The average Bonchev–Trinajstić information content (AvgIpc) is 3.36. The molecule has 2 heterocycles. The van der Waals surface area contributed by atoms with E-state index in [0.29, 0.717) is 35.2 Å². The highest BCUT2D eigenvalue weighted by Gasteiger charge is 2.33. The predicted octanol–water partition coefficient (Wildman–Crippen LogP) is 5.24. The van der Waals surface area contributed by atoms with Gasteiger partial charge in [0.05, 0.1) is 13.2 Å². The van der Waals surface area contributed by atoms with Gasteiger partial charge >= 0.3 is 0 Å². The van der Waals surface area contributed by atoms with Crippen molar-refractivity contribution in [2.75, 3.05) is 33.4 Å². The van der Waals surface area contributed by atoms with E-state index >= 15 is 0 Å². The van der Waals surface area contributed by atoms with Crippen LogP contribution in [0.2, 0.25) is 5.02 Å². The SMILES string of the molecule is C=CCN(CC(=O)N1CCc2sccc2[C@@H]1COc1ccc(Cl)cc1)C(=O)c1cccc(OC)c1. The van der Waals surface area contributed by atoms with Crippen LogP contribution in [0.5, 0.6) is 11.5 Å². The summed E-state index contributed by atoms with van der Waals surface area (Å²) < 4.78 is 11.3. The lowest BCUT2D eigenvalue weighted by atomic mass is 10.0. The molecule has 0 N–H and O–H groups in total. The van der Waals surface area contributed by atoms with Crippen LogP contribution in [0.15, 0.2) is 72.6 Å². The summed E-state index contributed by atoms with van der Waals surface area (Å²) in [5, 5.41) is 2.68. The number of ether oxygens (including phenoxy) is 2. The van der Waals surface area contributed by atoms with Crippen molar-refractivity contribution in [2.45, 2.75) is 12.5 Å². The molecule has 8 heteroatoms. The highest BCUT2D eigenvalue weighted by molar-refractivity contribution is 7.10. The first-order valence-electron chi connectivity index (χ1n) is 11.3. The second-order valence-corrected chi connectivity index (χ2v) is 9.56. The molecular formula is C27H27ClN2O4S. The zero-order valence-corrected chi connectivity index (χ0v) is 21.1. The third-order valence-electron chi connectivity index (χ3n) is 5.92. The maximum absolute atomic E-state index is 13.5. The van der Waals surface area contributed by atoms with Crippen molar-refractivity contribution < 1.29 is 19.1 Å². The lowest BCUT2D eigenvalue weighted by Crippen LogP contribution is -2.47. The molecule has 0 aliphatic carbocycles. The minimum absolute atomic E-state index is 0.0566. The largest absolute Gasteiger partial charge is 0.497 e. The summed E-state index contributed by atoms with van der Waals surface area (Å²) in [6.45, 7) is 4.84. The fraction of sp³-hybridized carbons (Fsp3) is 0.259. The highest BCUT2D eigenvalue weighted by Crippen LogP contribution is 2.34. The standard InChI is InChI=1S/C27H27ClN2O4S/c1-3-13-29(27(32)19-5-4-6-22(16-19)33-2)17-26(31)30-14-11-25-23(12-15-35-25)24(30)18-34-21-9-7-20(28)8-10-21/h3-10,12,15-16,24H,1,11,13-14,17-18H2,2H3/t24-/m0/s1. The number of fused-ring (bicyclic) bond motifs is 1. The summed E-state index contributed by atoms with van der Waals surface area (Å²) in [6, 6.07) is 15.9. The topological polar surface area (TPSA) is 59.1 Å². The molecule has 35 heavy (non-hydrogen) atoms. The molecule has 0 spiro atoms. The van der Waals surface area contributed by atoms with E-state index in [2.05, 4.69) is 12.6 Å². The molecule has 1 aliphatic rings. The summed E-state index contributed by atoms with van der Waals surface area (Å²) in [7, 11) is 1.55. The molecule has 0 fully saturated rings. The van der Waals surface area contributed by atoms with Crippen LogP contribution < -0.4 is 9.47 Å². The number of halogens is 1. The number of hydrogen-bond acceptors (Lipinski definition) is 5. The van der Waals surface area contributed by atoms with Crippen LogP contribution in [0.3, 0.4) is 0 Å². The number of rotatable bonds is 9. The third-order valence-corrected chi connectivity index (χ3v) is 7.16. The molecule has 3 aromatic rings. The van der Waals surface area contributed by atoms with Crippen LogP contribution >= 0.6 is 22.9 Å². The molecule has 0 saturated carbocycles. The van der Waals surface area contributed by atoms with E-state index < -0.39 is 0 Å². The minimum atomic E-state index is -0.251. The Morgan fingerprint density at radius 2 is 2.00 bits per heavy atom. The molecule has 4 rings (SSSR count). The zero-order chi connectivity index (χ0) is 24.8. The van der Waals surface area contributed by atoms with E-state index in [4.69, 9.17) is 21.1 Å². The number of amides is 2. The van der Waals surface area contributed by atoms with Crippen molar-refractivity contribution in [3.63, 3.8) is 0 Å². The van der Waals surface area contributed by atoms with Gasteiger partial charge in [-0.1, -0.05) is 23.7 Å². The summed E-state index contributed by atoms with van der Waals surface area (Å²) in [5.41, 5.74) is 1.55. The van der Waals surface area contributed by atoms with Gasteiger partial charge in [-0.05, 0) is 65.9 Å². The first-order valence-corrected chi connectivity index (χ1v) is 12.5. The fourth-order valence-electron chi connectivity index (χ4n) is 4.15. The van der Waals surface area contributed by atoms with E-state index in [1.165, 1.54) is 9.78 Å². The van der Waals surface area contributed by atoms with E-state index in [-0.39, 0.29) is 30.9 Å². The Morgan fingerprint density at radius 3 is 2.74 bits per heavy atom. The molecule has 0 unspecified atom stereocenters. The number of carbonyl (C=O) groups excluding carboxylic acids is 2. The van der Waals surface area contributed by atoms with Crippen LogP contribution in [0, 0.1) is 0 Å². The second-order valence-electron chi connectivity index (χ2n) is 8.12. The van der Waals surface area contributed by atoms with Gasteiger partial charge in [0.15, 0.2) is 0 Å². The number of benzene rings is 2. The van der Waals surface area contributed by atoms with Crippen molar-refractivity contribution in [2.24, 2.45) is 0 Å². The molecule has 1 aliphatic heterocycles. The lowest BCUT2D eigenvalue weighted by molar-refractivity contribution is -0.135. The maximum atomic E-state index is 13.5. The van der Waals surface area contributed by atoms with Crippen molar-refractivity contribution in [3.05, 3.63) is 93.7 Å². The van der Waals surface area contributed by atoms with Gasteiger partial charge in [-0.25, -0.2) is 0 Å². The normalized spacial score (nSPS) is 14.7. The highest BCUT2D eigenvalue weighted by atomic mass is 35.5. The third kappa shape index (κ3) is 5.86. The van der Waals surface area contributed by atoms with Crippen molar-refractivity contribution in [1.82, 2.24) is 9.80 Å². The summed E-state index contributed by atoms with van der Waals surface area (Å²) in [4.78, 5) is 31.3. The van der Waals surface area contributed by atoms with Gasteiger partial charge in [0.1, 0.15) is 24.7 Å². The van der Waals surface area contributed by atoms with Crippen molar-refractivity contribution in [3.8, 4) is 11.5 Å². The molecule has 0 radical (unpaired) electrons. The summed E-state index contributed by atoms with van der Waals surface area (Å²) >= 11 is 7.68. The molecule has 2 amide bonds. The average molecular weight is 511 g/mol. The van der Waals surface area contributed by atoms with Crippen LogP contribution in [0.1, 0.15) is 26.8 Å². The van der Waals surface area contributed by atoms with Crippen LogP contribution in [-0.2, 0) is 11.2 Å². The number of thiophene rings is 1. The predicted molar refractivity (Wildman–Crippen MR) is 139 cm³/mol. The lowest BCUT2D eigenvalue weighted by Gasteiger charge is -2.37. The van der Waals surface area contributed by atoms with E-state index in [0.717, 1.165) is 12.0 Å². The molecule has 1 atom stereocenters. The van der Waals surface area contributed by atoms with E-state index in [1.807, 2.05) is 22.4 Å². The van der Waals surface area contributed by atoms with Crippen molar-refractivity contribution in [1.29, 1.82) is 0 Å². The van der Waals surface area contributed by atoms with Gasteiger partial charge in [-0.15, -0.1) is 17.9 Å². The quantitative estimate of drug-likeness (QED) is 0.369. The molecule has 0 bridgehead atoms. The van der Waals surface area contributed by atoms with Gasteiger partial charge in [0, 0.05) is 28.6 Å². The maximum Gasteiger partial charge on any atom is 0.254 e. The Hall–Kier alpha value is -3.29. The van der Waals surface area contributed by atoms with Gasteiger partial charge in [-0.3, -0.25) is 9.59 Å². The number of carbonyl (C=O) groups is 2. The number of methoxy groups -OCH3 is 1. The fourth-order valence-corrected chi connectivity index (χ4v) is 5.20. The molecule has 1 aromatic heterocycles. The monoisotopic (exact) mass is 510 g/mol. The van der Waals surface area contributed by atoms with Crippen LogP contribution in [-0.4, -0.2) is 55.0 Å². The summed E-state index contributed by atoms with van der Waals surface area (Å²) in [6.07, 6.45) is 2.40. The molecule has 6 nitrogen and oxygen atoms in total. The Balaban J connectivity index is 1.52. The van der Waals surface area contributed by atoms with Gasteiger partial charge in [0.25, 0.3) is 5.91 Å². The Labute approximate surface area is 214 Å². The first-order chi connectivity index (χ1) is 17.0. The zero-order valence-electron chi connectivity index (χ0n) is 19.5. The molecule has 182 valence electrons. The minimum Gasteiger partial charge on any atom is -0.497 e. The number of hydrogen-bond donors (Lipinski definition) is 0. The number of nitrogens with zero attached hydrogens (tertiary/aromatic N) is 2. The Kier molecular flexibility index (Phi) is 8.10.